The SMILES string of the molecule is CSCC[C@H](NC(=O)c1ccccc1C)C(=O)Nc1nc(C)cs1. The first-order valence-electron chi connectivity index (χ1n) is 7.59. The first-order chi connectivity index (χ1) is 11.5. The normalized spacial score (nSPS) is 11.8. The van der Waals surface area contributed by atoms with Crippen LogP contribution in [-0.2, 0) is 4.79 Å². The maximum Gasteiger partial charge on any atom is 0.252 e. The Kier molecular flexibility index (Phi) is 6.81. The third-order valence-electron chi connectivity index (χ3n) is 3.47. The van der Waals surface area contributed by atoms with Gasteiger partial charge in [-0.25, -0.2) is 4.98 Å². The molecule has 2 rings (SSSR count). The minimum Gasteiger partial charge on any atom is -0.340 e. The number of rotatable bonds is 7. The number of aromatic nitrogens is 1. The number of carbonyl (C=O) groups excluding carboxylic acids is 2. The summed E-state index contributed by atoms with van der Waals surface area (Å²) in [5.74, 6) is 0.313. The number of nitrogens with zero attached hydrogens (tertiary/aromatic N) is 1. The Balaban J connectivity index is 2.08. The molecule has 128 valence electrons. The van der Waals surface area contributed by atoms with Gasteiger partial charge in [0.2, 0.25) is 5.91 Å². The molecular weight excluding hydrogens is 342 g/mol. The number of thioether (sulfide) groups is 1. The molecule has 1 aromatic carbocycles. The van der Waals surface area contributed by atoms with Crippen molar-refractivity contribution in [1.29, 1.82) is 0 Å². The quantitative estimate of drug-likeness (QED) is 0.792. The van der Waals surface area contributed by atoms with Crippen LogP contribution >= 0.6 is 23.1 Å². The zero-order valence-corrected chi connectivity index (χ0v) is 15.6. The van der Waals surface area contributed by atoms with Crippen LogP contribution in [-0.4, -0.2) is 34.8 Å². The number of hydrogen-bond acceptors (Lipinski definition) is 5. The molecule has 1 atom stereocenters. The van der Waals surface area contributed by atoms with Crippen LogP contribution in [0.25, 0.3) is 0 Å². The summed E-state index contributed by atoms with van der Waals surface area (Å²) < 4.78 is 0. The molecule has 1 heterocycles. The Morgan fingerprint density at radius 1 is 1.29 bits per heavy atom. The Morgan fingerprint density at radius 2 is 2.04 bits per heavy atom. The minimum absolute atomic E-state index is 0.232. The van der Waals surface area contributed by atoms with Crippen LogP contribution in [0.5, 0.6) is 0 Å². The van der Waals surface area contributed by atoms with Gasteiger partial charge < -0.3 is 10.6 Å². The Bertz CT molecular complexity index is 715. The fraction of sp³-hybridized carbons (Fsp3) is 0.353. The first-order valence-corrected chi connectivity index (χ1v) is 9.87. The lowest BCUT2D eigenvalue weighted by Crippen LogP contribution is -2.44. The summed E-state index contributed by atoms with van der Waals surface area (Å²) in [7, 11) is 0. The Morgan fingerprint density at radius 3 is 2.67 bits per heavy atom. The zero-order valence-electron chi connectivity index (χ0n) is 14.0. The molecule has 5 nitrogen and oxygen atoms in total. The second kappa shape index (κ2) is 8.84. The molecule has 0 aliphatic rings. The molecule has 2 aromatic rings. The molecule has 24 heavy (non-hydrogen) atoms. The molecule has 2 amide bonds. The molecule has 0 spiro atoms. The monoisotopic (exact) mass is 363 g/mol. The van der Waals surface area contributed by atoms with Crippen LogP contribution in [0.2, 0.25) is 0 Å². The van der Waals surface area contributed by atoms with Crippen molar-refractivity contribution >= 4 is 40.0 Å². The lowest BCUT2D eigenvalue weighted by molar-refractivity contribution is -0.118. The molecule has 0 saturated heterocycles. The molecule has 0 aliphatic heterocycles. The summed E-state index contributed by atoms with van der Waals surface area (Å²) in [6.45, 7) is 3.75. The van der Waals surface area contributed by atoms with E-state index in [1.165, 1.54) is 11.3 Å². The molecule has 2 N–H and O–H groups in total. The van der Waals surface area contributed by atoms with Gasteiger partial charge in [-0.15, -0.1) is 11.3 Å². The summed E-state index contributed by atoms with van der Waals surface area (Å²) >= 11 is 3.02. The molecule has 0 bridgehead atoms. The fourth-order valence-corrected chi connectivity index (χ4v) is 3.33. The van der Waals surface area contributed by atoms with E-state index in [0.717, 1.165) is 17.0 Å². The van der Waals surface area contributed by atoms with Gasteiger partial charge in [-0.05, 0) is 43.9 Å². The van der Waals surface area contributed by atoms with E-state index in [-0.39, 0.29) is 11.8 Å². The lowest BCUT2D eigenvalue weighted by Gasteiger charge is -2.18. The summed E-state index contributed by atoms with van der Waals surface area (Å²) in [6, 6.07) is 6.75. The molecule has 0 saturated carbocycles. The van der Waals surface area contributed by atoms with Crippen LogP contribution in [0, 0.1) is 13.8 Å². The topological polar surface area (TPSA) is 71.1 Å². The first kappa shape index (κ1) is 18.5. The van der Waals surface area contributed by atoms with Crippen molar-refractivity contribution in [2.24, 2.45) is 0 Å². The molecule has 0 unspecified atom stereocenters. The van der Waals surface area contributed by atoms with Gasteiger partial charge in [-0.1, -0.05) is 18.2 Å². The highest BCUT2D eigenvalue weighted by Crippen LogP contribution is 2.15. The van der Waals surface area contributed by atoms with Crippen LogP contribution in [0.3, 0.4) is 0 Å². The number of anilines is 1. The van der Waals surface area contributed by atoms with Gasteiger partial charge in [-0.2, -0.15) is 11.8 Å². The fourth-order valence-electron chi connectivity index (χ4n) is 2.17. The smallest absolute Gasteiger partial charge is 0.252 e. The third kappa shape index (κ3) is 5.07. The van der Waals surface area contributed by atoms with E-state index >= 15 is 0 Å². The predicted molar refractivity (Wildman–Crippen MR) is 101 cm³/mol. The molecule has 1 aromatic heterocycles. The number of aryl methyl sites for hydroxylation is 2. The van der Waals surface area contributed by atoms with Gasteiger partial charge in [0.05, 0.1) is 5.69 Å². The lowest BCUT2D eigenvalue weighted by atomic mass is 10.1. The number of nitrogens with one attached hydrogen (secondary N) is 2. The maximum atomic E-state index is 12.5. The van der Waals surface area contributed by atoms with Crippen molar-refractivity contribution < 1.29 is 9.59 Å². The Labute approximate surface area is 150 Å². The Hall–Kier alpha value is -1.86. The van der Waals surface area contributed by atoms with Gasteiger partial charge in [0.1, 0.15) is 6.04 Å². The van der Waals surface area contributed by atoms with E-state index < -0.39 is 6.04 Å². The molecule has 7 heteroatoms. The number of benzene rings is 1. The number of hydrogen-bond donors (Lipinski definition) is 2. The van der Waals surface area contributed by atoms with Gasteiger partial charge in [0.15, 0.2) is 5.13 Å². The number of carbonyl (C=O) groups is 2. The van der Waals surface area contributed by atoms with Gasteiger partial charge >= 0.3 is 0 Å². The zero-order chi connectivity index (χ0) is 17.5. The van der Waals surface area contributed by atoms with Crippen LogP contribution in [0.15, 0.2) is 29.6 Å². The second-order valence-corrected chi connectivity index (χ2v) is 7.25. The van der Waals surface area contributed by atoms with Crippen molar-refractivity contribution in [2.75, 3.05) is 17.3 Å². The van der Waals surface area contributed by atoms with Crippen LogP contribution < -0.4 is 10.6 Å². The highest BCUT2D eigenvalue weighted by Gasteiger charge is 2.22. The molecule has 0 radical (unpaired) electrons. The van der Waals surface area contributed by atoms with E-state index in [2.05, 4.69) is 15.6 Å². The minimum atomic E-state index is -0.589. The van der Waals surface area contributed by atoms with E-state index in [4.69, 9.17) is 0 Å². The van der Waals surface area contributed by atoms with Crippen molar-refractivity contribution in [3.8, 4) is 0 Å². The summed E-state index contributed by atoms with van der Waals surface area (Å²) in [5, 5.41) is 8.06. The van der Waals surface area contributed by atoms with Gasteiger partial charge in [-0.3, -0.25) is 9.59 Å². The average molecular weight is 364 g/mol. The van der Waals surface area contributed by atoms with Crippen molar-refractivity contribution in [1.82, 2.24) is 10.3 Å². The van der Waals surface area contributed by atoms with E-state index in [1.807, 2.05) is 43.7 Å². The van der Waals surface area contributed by atoms with Crippen molar-refractivity contribution in [2.45, 2.75) is 26.3 Å². The third-order valence-corrected chi connectivity index (χ3v) is 4.99. The summed E-state index contributed by atoms with van der Waals surface area (Å²) in [4.78, 5) is 29.2. The number of amides is 2. The van der Waals surface area contributed by atoms with Crippen LogP contribution in [0.4, 0.5) is 5.13 Å². The summed E-state index contributed by atoms with van der Waals surface area (Å²) in [6.07, 6.45) is 2.54. The van der Waals surface area contributed by atoms with E-state index in [9.17, 15) is 9.59 Å². The second-order valence-electron chi connectivity index (χ2n) is 5.41. The molecule has 0 aliphatic carbocycles. The number of thiazole rings is 1. The highest BCUT2D eigenvalue weighted by atomic mass is 32.2. The van der Waals surface area contributed by atoms with Crippen LogP contribution in [0.1, 0.15) is 28.0 Å². The predicted octanol–water partition coefficient (Wildman–Crippen LogP) is 3.25. The van der Waals surface area contributed by atoms with Crippen molar-refractivity contribution in [3.63, 3.8) is 0 Å². The maximum absolute atomic E-state index is 12.5. The van der Waals surface area contributed by atoms with Crippen molar-refractivity contribution in [3.05, 3.63) is 46.5 Å². The molecular formula is C17H21N3O2S2. The van der Waals surface area contributed by atoms with Gasteiger partial charge in [0.25, 0.3) is 5.91 Å². The van der Waals surface area contributed by atoms with Gasteiger partial charge in [0, 0.05) is 10.9 Å². The largest absolute Gasteiger partial charge is 0.340 e. The highest BCUT2D eigenvalue weighted by molar-refractivity contribution is 7.98. The standard InChI is InChI=1S/C17H21N3O2S2/c1-11-6-4-5-7-13(11)15(21)19-14(8-9-23-3)16(22)20-17-18-12(2)10-24-17/h4-7,10,14H,8-9H2,1-3H3,(H,19,21)(H,18,20,22)/t14-/m0/s1. The summed E-state index contributed by atoms with van der Waals surface area (Å²) in [5.41, 5.74) is 2.33. The van der Waals surface area contributed by atoms with E-state index in [1.54, 1.807) is 17.8 Å². The van der Waals surface area contributed by atoms with E-state index in [0.29, 0.717) is 17.1 Å². The molecule has 0 fully saturated rings. The average Bonchev–Trinajstić information content (AvgIpc) is 2.96.